The van der Waals surface area contributed by atoms with Gasteiger partial charge in [0.05, 0.1) is 17.6 Å². The van der Waals surface area contributed by atoms with Crippen LogP contribution in [0, 0.1) is 0 Å². The minimum atomic E-state index is -3.49. The monoisotopic (exact) mass is 341 g/mol. The topological polar surface area (TPSA) is 101 Å². The molecule has 1 aliphatic rings. The molecule has 1 aromatic carbocycles. The lowest BCUT2D eigenvalue weighted by Gasteiger charge is -2.27. The summed E-state index contributed by atoms with van der Waals surface area (Å²) in [5.41, 5.74) is 0.0513. The van der Waals surface area contributed by atoms with Gasteiger partial charge in [-0.25, -0.2) is 13.2 Å². The number of carboxylic acids is 1. The molecular weight excluding hydrogens is 322 g/mol. The fourth-order valence-electron chi connectivity index (χ4n) is 2.79. The van der Waals surface area contributed by atoms with E-state index in [2.05, 4.69) is 0 Å². The molecule has 0 aliphatic carbocycles. The zero-order valence-corrected chi connectivity index (χ0v) is 14.0. The Balaban J connectivity index is 2.51. The highest BCUT2D eigenvalue weighted by atomic mass is 32.2. The summed E-state index contributed by atoms with van der Waals surface area (Å²) in [5.74, 6) is -1.39. The molecular formula is C15H19NO6S. The van der Waals surface area contributed by atoms with Crippen molar-refractivity contribution in [3.05, 3.63) is 23.8 Å². The number of likely N-dealkylation sites (tertiary alicyclic amines) is 1. The molecule has 2 atom stereocenters. The van der Waals surface area contributed by atoms with Gasteiger partial charge in [-0.1, -0.05) is 0 Å². The van der Waals surface area contributed by atoms with Crippen molar-refractivity contribution >= 4 is 21.7 Å². The molecule has 126 valence electrons. The fourth-order valence-corrected chi connectivity index (χ4v) is 3.44. The van der Waals surface area contributed by atoms with Crippen LogP contribution in [-0.4, -0.2) is 55.7 Å². The van der Waals surface area contributed by atoms with Crippen LogP contribution in [-0.2, 0) is 14.6 Å². The van der Waals surface area contributed by atoms with E-state index in [-0.39, 0.29) is 22.3 Å². The molecule has 1 saturated heterocycles. The zero-order chi connectivity index (χ0) is 17.4. The Kier molecular flexibility index (Phi) is 4.65. The molecule has 7 nitrogen and oxygen atoms in total. The van der Waals surface area contributed by atoms with Crippen LogP contribution in [0.2, 0.25) is 0 Å². The number of hydrogen-bond donors (Lipinski definition) is 1. The molecule has 2 rings (SSSR count). The van der Waals surface area contributed by atoms with Crippen molar-refractivity contribution in [3.63, 3.8) is 0 Å². The van der Waals surface area contributed by atoms with E-state index in [4.69, 9.17) is 4.74 Å². The lowest BCUT2D eigenvalue weighted by molar-refractivity contribution is -0.141. The van der Waals surface area contributed by atoms with Crippen LogP contribution in [0.3, 0.4) is 0 Å². The summed E-state index contributed by atoms with van der Waals surface area (Å²) < 4.78 is 28.5. The summed E-state index contributed by atoms with van der Waals surface area (Å²) in [4.78, 5) is 25.4. The van der Waals surface area contributed by atoms with Gasteiger partial charge in [-0.3, -0.25) is 4.79 Å². The predicted octanol–water partition coefficient (Wildman–Crippen LogP) is 1.18. The molecule has 0 radical (unpaired) electrons. The highest BCUT2D eigenvalue weighted by Gasteiger charge is 2.40. The molecule has 23 heavy (non-hydrogen) atoms. The number of ether oxygens (including phenoxy) is 1. The van der Waals surface area contributed by atoms with E-state index in [9.17, 15) is 23.1 Å². The number of methoxy groups -OCH3 is 1. The number of amides is 1. The average Bonchev–Trinajstić information content (AvgIpc) is 2.86. The standard InChI is InChI=1S/C15H19NO6S/c1-9-4-6-12(15(18)19)16(9)14(17)11-8-10(23(3,20)21)5-7-13(11)22-2/h5,7-9,12H,4,6H2,1-3H3,(H,18,19)/t9-,12-/m1/s1. The van der Waals surface area contributed by atoms with E-state index >= 15 is 0 Å². The first-order valence-electron chi connectivity index (χ1n) is 7.10. The van der Waals surface area contributed by atoms with Gasteiger partial charge in [0.25, 0.3) is 5.91 Å². The third kappa shape index (κ3) is 3.31. The van der Waals surface area contributed by atoms with Crippen molar-refractivity contribution in [2.45, 2.75) is 36.7 Å². The molecule has 0 aromatic heterocycles. The van der Waals surface area contributed by atoms with Crippen LogP contribution in [0.5, 0.6) is 5.75 Å². The lowest BCUT2D eigenvalue weighted by Crippen LogP contribution is -2.44. The van der Waals surface area contributed by atoms with Crippen molar-refractivity contribution in [1.29, 1.82) is 0 Å². The predicted molar refractivity (Wildman–Crippen MR) is 82.4 cm³/mol. The molecule has 0 spiro atoms. The Hall–Kier alpha value is -2.09. The molecule has 1 aromatic rings. The molecule has 0 saturated carbocycles. The number of carboxylic acid groups (broad SMARTS) is 1. The minimum absolute atomic E-state index is 0.0135. The van der Waals surface area contributed by atoms with Crippen molar-refractivity contribution in [2.24, 2.45) is 0 Å². The van der Waals surface area contributed by atoms with Crippen LogP contribution in [0.25, 0.3) is 0 Å². The second kappa shape index (κ2) is 6.19. The third-order valence-electron chi connectivity index (χ3n) is 4.02. The molecule has 1 aliphatic heterocycles. The first kappa shape index (κ1) is 17.3. The summed E-state index contributed by atoms with van der Waals surface area (Å²) in [5, 5.41) is 9.29. The fraction of sp³-hybridized carbons (Fsp3) is 0.467. The van der Waals surface area contributed by atoms with E-state index in [1.54, 1.807) is 6.92 Å². The number of hydrogen-bond acceptors (Lipinski definition) is 5. The van der Waals surface area contributed by atoms with Crippen LogP contribution in [0.4, 0.5) is 0 Å². The van der Waals surface area contributed by atoms with Gasteiger partial charge in [-0.05, 0) is 38.0 Å². The second-order valence-corrected chi connectivity index (χ2v) is 7.64. The number of benzene rings is 1. The number of aliphatic carboxylic acids is 1. The highest BCUT2D eigenvalue weighted by molar-refractivity contribution is 7.90. The summed E-state index contributed by atoms with van der Waals surface area (Å²) in [7, 11) is -2.12. The van der Waals surface area contributed by atoms with Gasteiger partial charge in [-0.15, -0.1) is 0 Å². The van der Waals surface area contributed by atoms with Crippen LogP contribution in [0.1, 0.15) is 30.1 Å². The largest absolute Gasteiger partial charge is 0.496 e. The van der Waals surface area contributed by atoms with Crippen molar-refractivity contribution in [2.75, 3.05) is 13.4 Å². The number of rotatable bonds is 4. The molecule has 1 fully saturated rings. The van der Waals surface area contributed by atoms with Gasteiger partial charge in [0.2, 0.25) is 0 Å². The maximum Gasteiger partial charge on any atom is 0.326 e. The van der Waals surface area contributed by atoms with E-state index in [0.29, 0.717) is 12.8 Å². The molecule has 0 bridgehead atoms. The van der Waals surface area contributed by atoms with E-state index in [1.807, 2.05) is 0 Å². The quantitative estimate of drug-likeness (QED) is 0.882. The second-order valence-electron chi connectivity index (χ2n) is 5.63. The normalized spacial score (nSPS) is 21.3. The molecule has 1 heterocycles. The van der Waals surface area contributed by atoms with Crippen LogP contribution >= 0.6 is 0 Å². The minimum Gasteiger partial charge on any atom is -0.496 e. The van der Waals surface area contributed by atoms with Crippen LogP contribution < -0.4 is 4.74 Å². The first-order chi connectivity index (χ1) is 10.7. The maximum atomic E-state index is 12.8. The Bertz CT molecular complexity index is 742. The molecule has 1 N–H and O–H groups in total. The van der Waals surface area contributed by atoms with Gasteiger partial charge < -0.3 is 14.7 Å². The average molecular weight is 341 g/mol. The maximum absolute atomic E-state index is 12.8. The Morgan fingerprint density at radius 1 is 1.30 bits per heavy atom. The first-order valence-corrected chi connectivity index (χ1v) is 8.99. The third-order valence-corrected chi connectivity index (χ3v) is 5.13. The Morgan fingerprint density at radius 2 is 1.96 bits per heavy atom. The summed E-state index contributed by atoms with van der Waals surface area (Å²) >= 11 is 0. The zero-order valence-electron chi connectivity index (χ0n) is 13.1. The van der Waals surface area contributed by atoms with Gasteiger partial charge >= 0.3 is 5.97 Å². The molecule has 0 unspecified atom stereocenters. The number of sulfone groups is 1. The number of carbonyl (C=O) groups excluding carboxylic acids is 1. The van der Waals surface area contributed by atoms with Gasteiger partial charge in [-0.2, -0.15) is 0 Å². The van der Waals surface area contributed by atoms with Crippen molar-refractivity contribution in [1.82, 2.24) is 4.90 Å². The SMILES string of the molecule is COc1ccc(S(C)(=O)=O)cc1C(=O)N1[C@H](C)CC[C@@H]1C(=O)O. The number of nitrogens with zero attached hydrogens (tertiary/aromatic N) is 1. The van der Waals surface area contributed by atoms with E-state index in [1.165, 1.54) is 30.2 Å². The summed E-state index contributed by atoms with van der Waals surface area (Å²) in [6.45, 7) is 1.77. The van der Waals surface area contributed by atoms with E-state index in [0.717, 1.165) is 6.26 Å². The van der Waals surface area contributed by atoms with Crippen molar-refractivity contribution < 1.29 is 27.9 Å². The Labute approximate surface area is 134 Å². The molecule has 1 amide bonds. The number of carbonyl (C=O) groups is 2. The van der Waals surface area contributed by atoms with Gasteiger partial charge in [0, 0.05) is 12.3 Å². The smallest absolute Gasteiger partial charge is 0.326 e. The molecule has 8 heteroatoms. The van der Waals surface area contributed by atoms with Crippen molar-refractivity contribution in [3.8, 4) is 5.75 Å². The summed E-state index contributed by atoms with van der Waals surface area (Å²) in [6.07, 6.45) is 1.99. The van der Waals surface area contributed by atoms with E-state index < -0.39 is 27.8 Å². The summed E-state index contributed by atoms with van der Waals surface area (Å²) in [6, 6.07) is 2.84. The van der Waals surface area contributed by atoms with Crippen LogP contribution in [0.15, 0.2) is 23.1 Å². The highest BCUT2D eigenvalue weighted by Crippen LogP contribution is 2.30. The van der Waals surface area contributed by atoms with Gasteiger partial charge in [0.1, 0.15) is 11.8 Å². The Morgan fingerprint density at radius 3 is 2.48 bits per heavy atom. The van der Waals surface area contributed by atoms with Gasteiger partial charge in [0.15, 0.2) is 9.84 Å². The lowest BCUT2D eigenvalue weighted by atomic mass is 10.1.